The van der Waals surface area contributed by atoms with Crippen LogP contribution in [0.5, 0.6) is 0 Å². The third kappa shape index (κ3) is 3.59. The van der Waals surface area contributed by atoms with E-state index in [1.165, 1.54) is 0 Å². The first-order valence-corrected chi connectivity index (χ1v) is 10.3. The Kier molecular flexibility index (Phi) is 4.36. The van der Waals surface area contributed by atoms with Crippen molar-refractivity contribution in [3.8, 4) is 0 Å². The molecule has 1 aromatic heterocycles. The number of thiophene rings is 1. The highest BCUT2D eigenvalue weighted by Crippen LogP contribution is 2.39. The number of hydrogen-bond donors (Lipinski definition) is 0. The molecule has 0 atom stereocenters. The molecule has 0 saturated heterocycles. The van der Waals surface area contributed by atoms with Crippen LogP contribution in [0.2, 0.25) is 18.1 Å². The Labute approximate surface area is 117 Å². The second-order valence-electron chi connectivity index (χ2n) is 7.30. The van der Waals surface area contributed by atoms with E-state index < -0.39 is 8.32 Å². The standard InChI is InChI=1S/C14H27NOSSi/c1-13(2,3)15(12-9-10-17-11-12)16-18(7,8)14(4,5)6/h9-11H,1-8H3. The van der Waals surface area contributed by atoms with E-state index in [2.05, 4.69) is 76.5 Å². The second kappa shape index (κ2) is 4.98. The van der Waals surface area contributed by atoms with Crippen LogP contribution in [0.1, 0.15) is 41.5 Å². The molecule has 0 aromatic carbocycles. The second-order valence-corrected chi connectivity index (χ2v) is 12.8. The molecule has 0 spiro atoms. The maximum absolute atomic E-state index is 6.49. The average Bonchev–Trinajstić information content (AvgIpc) is 2.62. The van der Waals surface area contributed by atoms with Crippen molar-refractivity contribution in [2.24, 2.45) is 0 Å². The normalized spacial score (nSPS) is 13.8. The number of hydroxylamine groups is 1. The van der Waals surface area contributed by atoms with E-state index in [-0.39, 0.29) is 10.6 Å². The molecular weight excluding hydrogens is 258 g/mol. The van der Waals surface area contributed by atoms with Gasteiger partial charge in [-0.05, 0) is 50.3 Å². The molecule has 2 nitrogen and oxygen atoms in total. The number of hydrogen-bond acceptors (Lipinski definition) is 3. The summed E-state index contributed by atoms with van der Waals surface area (Å²) in [6, 6.07) is 2.13. The van der Waals surface area contributed by atoms with Crippen molar-refractivity contribution in [2.45, 2.75) is 65.2 Å². The summed E-state index contributed by atoms with van der Waals surface area (Å²) in [5.74, 6) is 0. The molecular formula is C14H27NOSSi. The Morgan fingerprint density at radius 3 is 2.00 bits per heavy atom. The Morgan fingerprint density at radius 2 is 1.67 bits per heavy atom. The van der Waals surface area contributed by atoms with Gasteiger partial charge in [-0.15, -0.1) is 0 Å². The fourth-order valence-electron chi connectivity index (χ4n) is 1.31. The van der Waals surface area contributed by atoms with Gasteiger partial charge < -0.3 is 4.53 Å². The van der Waals surface area contributed by atoms with Gasteiger partial charge in [-0.2, -0.15) is 11.3 Å². The van der Waals surface area contributed by atoms with Gasteiger partial charge in [0.25, 0.3) is 0 Å². The van der Waals surface area contributed by atoms with Crippen molar-refractivity contribution < 1.29 is 4.53 Å². The topological polar surface area (TPSA) is 12.5 Å². The van der Waals surface area contributed by atoms with E-state index in [1.54, 1.807) is 11.3 Å². The average molecular weight is 286 g/mol. The van der Waals surface area contributed by atoms with E-state index in [4.69, 9.17) is 4.53 Å². The summed E-state index contributed by atoms with van der Waals surface area (Å²) < 4.78 is 6.49. The summed E-state index contributed by atoms with van der Waals surface area (Å²) in [5.41, 5.74) is 1.13. The molecule has 0 saturated carbocycles. The summed E-state index contributed by atoms with van der Waals surface area (Å²) >= 11 is 1.71. The maximum Gasteiger partial charge on any atom is 0.228 e. The minimum absolute atomic E-state index is 0.0312. The van der Waals surface area contributed by atoms with Gasteiger partial charge in [0.05, 0.1) is 11.2 Å². The largest absolute Gasteiger partial charge is 0.319 e. The zero-order chi connectivity index (χ0) is 14.2. The van der Waals surface area contributed by atoms with Crippen molar-refractivity contribution >= 4 is 25.3 Å². The van der Waals surface area contributed by atoms with Crippen LogP contribution in [0, 0.1) is 0 Å². The molecule has 0 aliphatic carbocycles. The van der Waals surface area contributed by atoms with Gasteiger partial charge in [-0.1, -0.05) is 20.8 Å². The summed E-state index contributed by atoms with van der Waals surface area (Å²) in [5, 5.41) is 6.56. The van der Waals surface area contributed by atoms with Gasteiger partial charge in [0.1, 0.15) is 0 Å². The first kappa shape index (κ1) is 15.7. The van der Waals surface area contributed by atoms with E-state index in [0.717, 1.165) is 5.69 Å². The molecule has 18 heavy (non-hydrogen) atoms. The van der Waals surface area contributed by atoms with Gasteiger partial charge in [-0.25, -0.2) is 0 Å². The monoisotopic (exact) mass is 285 g/mol. The van der Waals surface area contributed by atoms with Crippen molar-refractivity contribution in [1.29, 1.82) is 0 Å². The minimum Gasteiger partial charge on any atom is -0.319 e. The lowest BCUT2D eigenvalue weighted by Gasteiger charge is -2.45. The number of nitrogens with zero attached hydrogens (tertiary/aromatic N) is 1. The van der Waals surface area contributed by atoms with Crippen LogP contribution in [-0.2, 0) is 4.53 Å². The first-order chi connectivity index (χ1) is 7.95. The van der Waals surface area contributed by atoms with E-state index in [9.17, 15) is 0 Å². The minimum atomic E-state index is -1.80. The van der Waals surface area contributed by atoms with Crippen molar-refractivity contribution in [3.05, 3.63) is 16.8 Å². The SMILES string of the molecule is CC(C)(C)N(O[Si](C)(C)C(C)(C)C)c1ccsc1. The number of rotatable bonds is 3. The van der Waals surface area contributed by atoms with Crippen LogP contribution in [0.4, 0.5) is 5.69 Å². The third-order valence-electron chi connectivity index (χ3n) is 3.48. The molecule has 104 valence electrons. The van der Waals surface area contributed by atoms with E-state index in [1.807, 2.05) is 0 Å². The lowest BCUT2D eigenvalue weighted by Crippen LogP contribution is -2.52. The predicted molar refractivity (Wildman–Crippen MR) is 84.8 cm³/mol. The van der Waals surface area contributed by atoms with Gasteiger partial charge in [-0.3, -0.25) is 5.06 Å². The zero-order valence-electron chi connectivity index (χ0n) is 13.0. The molecule has 0 radical (unpaired) electrons. The first-order valence-electron chi connectivity index (χ1n) is 6.47. The van der Waals surface area contributed by atoms with Gasteiger partial charge in [0.2, 0.25) is 8.32 Å². The Hall–Kier alpha value is -0.323. The van der Waals surface area contributed by atoms with Crippen LogP contribution in [-0.4, -0.2) is 13.9 Å². The lowest BCUT2D eigenvalue weighted by atomic mass is 10.1. The molecule has 0 unspecified atom stereocenters. The van der Waals surface area contributed by atoms with Crippen LogP contribution in [0.15, 0.2) is 16.8 Å². The zero-order valence-corrected chi connectivity index (χ0v) is 14.8. The summed E-state index contributed by atoms with van der Waals surface area (Å²) in [6.45, 7) is 18.0. The van der Waals surface area contributed by atoms with E-state index in [0.29, 0.717) is 0 Å². The van der Waals surface area contributed by atoms with Gasteiger partial charge >= 0.3 is 0 Å². The molecule has 0 bridgehead atoms. The van der Waals surface area contributed by atoms with Crippen molar-refractivity contribution in [2.75, 3.05) is 5.06 Å². The predicted octanol–water partition coefficient (Wildman–Crippen LogP) is 5.29. The smallest absolute Gasteiger partial charge is 0.228 e. The van der Waals surface area contributed by atoms with Crippen molar-refractivity contribution in [1.82, 2.24) is 0 Å². The van der Waals surface area contributed by atoms with E-state index >= 15 is 0 Å². The molecule has 1 rings (SSSR count). The molecule has 1 aromatic rings. The van der Waals surface area contributed by atoms with Gasteiger partial charge in [0, 0.05) is 5.38 Å². The summed E-state index contributed by atoms with van der Waals surface area (Å²) in [6.07, 6.45) is 0. The fourth-order valence-corrected chi connectivity index (χ4v) is 3.03. The maximum atomic E-state index is 6.49. The molecule has 0 aliphatic rings. The molecule has 0 aliphatic heterocycles. The van der Waals surface area contributed by atoms with Crippen molar-refractivity contribution in [3.63, 3.8) is 0 Å². The highest BCUT2D eigenvalue weighted by Gasteiger charge is 2.41. The Balaban J connectivity index is 3.02. The summed E-state index contributed by atoms with van der Waals surface area (Å²) in [4.78, 5) is 0. The summed E-state index contributed by atoms with van der Waals surface area (Å²) in [7, 11) is -1.80. The highest BCUT2D eigenvalue weighted by molar-refractivity contribution is 7.08. The van der Waals surface area contributed by atoms with Crippen LogP contribution in [0.3, 0.4) is 0 Å². The quantitative estimate of drug-likeness (QED) is 0.552. The number of anilines is 1. The fraction of sp³-hybridized carbons (Fsp3) is 0.714. The van der Waals surface area contributed by atoms with Crippen LogP contribution < -0.4 is 5.06 Å². The lowest BCUT2D eigenvalue weighted by molar-refractivity contribution is 0.186. The highest BCUT2D eigenvalue weighted by atomic mass is 32.1. The molecule has 0 N–H and O–H groups in total. The third-order valence-corrected chi connectivity index (χ3v) is 8.40. The Morgan fingerprint density at radius 1 is 1.11 bits per heavy atom. The van der Waals surface area contributed by atoms with Crippen LogP contribution >= 0.6 is 11.3 Å². The van der Waals surface area contributed by atoms with Gasteiger partial charge in [0.15, 0.2) is 0 Å². The molecule has 0 fully saturated rings. The molecule has 0 amide bonds. The van der Waals surface area contributed by atoms with Crippen LogP contribution in [0.25, 0.3) is 0 Å². The molecule has 4 heteroatoms. The molecule has 1 heterocycles. The Bertz CT molecular complexity index is 373.